The zero-order chi connectivity index (χ0) is 20.5. The fourth-order valence-electron chi connectivity index (χ4n) is 2.81. The highest BCUT2D eigenvalue weighted by Gasteiger charge is 2.31. The number of nitrogens with one attached hydrogen (secondary N) is 1. The van der Waals surface area contributed by atoms with Crippen LogP contribution in [0.2, 0.25) is 5.02 Å². The zero-order valence-corrected chi connectivity index (χ0v) is 15.9. The average Bonchev–Trinajstić information content (AvgIpc) is 2.93. The van der Waals surface area contributed by atoms with E-state index in [1.165, 1.54) is 0 Å². The molecular weight excluding hydrogens is 391 g/mol. The lowest BCUT2D eigenvalue weighted by Crippen LogP contribution is -2.14. The van der Waals surface area contributed by atoms with Gasteiger partial charge in [-0.3, -0.25) is 9.48 Å². The number of carbonyl (C=O) groups excluding carboxylic acids is 1. The van der Waals surface area contributed by atoms with Gasteiger partial charge in [0.1, 0.15) is 0 Å². The topological polar surface area (TPSA) is 46.9 Å². The van der Waals surface area contributed by atoms with Crippen molar-refractivity contribution in [3.63, 3.8) is 0 Å². The van der Waals surface area contributed by atoms with Gasteiger partial charge in [-0.15, -0.1) is 0 Å². The van der Waals surface area contributed by atoms with E-state index >= 15 is 0 Å². The van der Waals surface area contributed by atoms with E-state index in [1.807, 2.05) is 30.7 Å². The molecule has 0 spiro atoms. The third-order valence-electron chi connectivity index (χ3n) is 4.17. The smallest absolute Gasteiger partial charge is 0.321 e. The molecule has 0 aliphatic carbocycles. The van der Waals surface area contributed by atoms with Crippen LogP contribution in [0.25, 0.3) is 0 Å². The average molecular weight is 408 g/mol. The van der Waals surface area contributed by atoms with Gasteiger partial charge in [0.05, 0.1) is 28.5 Å². The van der Waals surface area contributed by atoms with Gasteiger partial charge in [-0.2, -0.15) is 18.3 Å². The van der Waals surface area contributed by atoms with Crippen molar-refractivity contribution in [1.29, 1.82) is 0 Å². The lowest BCUT2D eigenvalue weighted by molar-refractivity contribution is -0.137. The number of aromatic nitrogens is 2. The Labute approximate surface area is 164 Å². The van der Waals surface area contributed by atoms with E-state index in [4.69, 9.17) is 11.6 Å². The molecule has 3 rings (SSSR count). The van der Waals surface area contributed by atoms with Gasteiger partial charge in [-0.25, -0.2) is 0 Å². The van der Waals surface area contributed by atoms with Gasteiger partial charge in [0.15, 0.2) is 0 Å². The summed E-state index contributed by atoms with van der Waals surface area (Å²) in [6.07, 6.45) is -4.52. The molecule has 8 heteroatoms. The number of hydrogen-bond acceptors (Lipinski definition) is 2. The second kappa shape index (κ2) is 7.67. The van der Waals surface area contributed by atoms with Gasteiger partial charge in [0.25, 0.3) is 5.91 Å². The Kier molecular flexibility index (Phi) is 5.47. The SMILES string of the molecule is Cc1cc(C)n(Cc2cccc(C(=O)Nc3cc(C(F)(F)F)ccc3Cl)c2)n1. The van der Waals surface area contributed by atoms with Crippen molar-refractivity contribution in [3.05, 3.63) is 81.6 Å². The van der Waals surface area contributed by atoms with E-state index in [9.17, 15) is 18.0 Å². The minimum atomic E-state index is -4.52. The molecule has 0 unspecified atom stereocenters. The highest BCUT2D eigenvalue weighted by atomic mass is 35.5. The normalized spacial score (nSPS) is 11.5. The number of benzene rings is 2. The van der Waals surface area contributed by atoms with E-state index in [0.29, 0.717) is 12.1 Å². The Hall–Kier alpha value is -2.80. The molecule has 1 N–H and O–H groups in total. The van der Waals surface area contributed by atoms with Gasteiger partial charge >= 0.3 is 6.18 Å². The Balaban J connectivity index is 1.81. The summed E-state index contributed by atoms with van der Waals surface area (Å²) in [6.45, 7) is 4.31. The molecule has 0 fully saturated rings. The summed E-state index contributed by atoms with van der Waals surface area (Å²) >= 11 is 5.94. The lowest BCUT2D eigenvalue weighted by Gasteiger charge is -2.12. The number of amides is 1. The largest absolute Gasteiger partial charge is 0.416 e. The van der Waals surface area contributed by atoms with Gasteiger partial charge in [-0.05, 0) is 55.8 Å². The second-order valence-electron chi connectivity index (χ2n) is 6.43. The molecule has 0 saturated carbocycles. The molecular formula is C20H17ClF3N3O. The molecule has 0 bridgehead atoms. The van der Waals surface area contributed by atoms with Crippen molar-refractivity contribution in [1.82, 2.24) is 9.78 Å². The highest BCUT2D eigenvalue weighted by Crippen LogP contribution is 2.34. The molecule has 0 aliphatic rings. The molecule has 0 radical (unpaired) electrons. The minimum absolute atomic E-state index is 0.0279. The molecule has 0 aliphatic heterocycles. The van der Waals surface area contributed by atoms with Crippen molar-refractivity contribution in [2.24, 2.45) is 0 Å². The Morgan fingerprint density at radius 2 is 1.89 bits per heavy atom. The fraction of sp³-hybridized carbons (Fsp3) is 0.200. The Morgan fingerprint density at radius 3 is 2.54 bits per heavy atom. The van der Waals surface area contributed by atoms with E-state index in [2.05, 4.69) is 10.4 Å². The van der Waals surface area contributed by atoms with Crippen molar-refractivity contribution in [2.45, 2.75) is 26.6 Å². The maximum Gasteiger partial charge on any atom is 0.416 e. The molecule has 2 aromatic carbocycles. The molecule has 1 heterocycles. The molecule has 1 aromatic heterocycles. The van der Waals surface area contributed by atoms with Crippen LogP contribution in [0, 0.1) is 13.8 Å². The van der Waals surface area contributed by atoms with Gasteiger partial charge in [0.2, 0.25) is 0 Å². The molecule has 0 atom stereocenters. The standard InChI is InChI=1S/C20H17ClF3N3O/c1-12-8-13(2)27(26-12)11-14-4-3-5-15(9-14)19(28)25-18-10-16(20(22,23)24)6-7-17(18)21/h3-10H,11H2,1-2H3,(H,25,28). The Bertz CT molecular complexity index is 1030. The van der Waals surface area contributed by atoms with E-state index in [-0.39, 0.29) is 10.7 Å². The number of hydrogen-bond donors (Lipinski definition) is 1. The van der Waals surface area contributed by atoms with E-state index in [0.717, 1.165) is 35.2 Å². The number of nitrogens with zero attached hydrogens (tertiary/aromatic N) is 2. The summed E-state index contributed by atoms with van der Waals surface area (Å²) in [6, 6.07) is 11.6. The van der Waals surface area contributed by atoms with Crippen LogP contribution in [0.1, 0.15) is 32.9 Å². The quantitative estimate of drug-likeness (QED) is 0.623. The molecule has 1 amide bonds. The predicted octanol–water partition coefficient (Wildman–Crippen LogP) is 5.47. The van der Waals surface area contributed by atoms with E-state index in [1.54, 1.807) is 18.2 Å². The first-order chi connectivity index (χ1) is 13.1. The molecule has 28 heavy (non-hydrogen) atoms. The predicted molar refractivity (Wildman–Crippen MR) is 102 cm³/mol. The third kappa shape index (κ3) is 4.54. The lowest BCUT2D eigenvalue weighted by atomic mass is 10.1. The van der Waals surface area contributed by atoms with Crippen LogP contribution >= 0.6 is 11.6 Å². The minimum Gasteiger partial charge on any atom is -0.321 e. The summed E-state index contributed by atoms with van der Waals surface area (Å²) in [4.78, 5) is 12.5. The van der Waals surface area contributed by atoms with Gasteiger partial charge in [-0.1, -0.05) is 23.7 Å². The summed E-state index contributed by atoms with van der Waals surface area (Å²) in [5, 5.41) is 6.86. The number of alkyl halides is 3. The highest BCUT2D eigenvalue weighted by molar-refractivity contribution is 6.34. The van der Waals surface area contributed by atoms with Crippen LogP contribution in [0.15, 0.2) is 48.5 Å². The van der Waals surface area contributed by atoms with Crippen LogP contribution in [0.5, 0.6) is 0 Å². The van der Waals surface area contributed by atoms with Crippen LogP contribution < -0.4 is 5.32 Å². The fourth-order valence-corrected chi connectivity index (χ4v) is 2.98. The summed E-state index contributed by atoms with van der Waals surface area (Å²) in [5.41, 5.74) is 2.06. The van der Waals surface area contributed by atoms with Crippen LogP contribution in [0.3, 0.4) is 0 Å². The number of anilines is 1. The first-order valence-electron chi connectivity index (χ1n) is 8.41. The monoisotopic (exact) mass is 407 g/mol. The molecule has 3 aromatic rings. The zero-order valence-electron chi connectivity index (χ0n) is 15.1. The van der Waals surface area contributed by atoms with Crippen molar-refractivity contribution in [2.75, 3.05) is 5.32 Å². The van der Waals surface area contributed by atoms with Crippen molar-refractivity contribution < 1.29 is 18.0 Å². The Morgan fingerprint density at radius 1 is 1.14 bits per heavy atom. The van der Waals surface area contributed by atoms with Crippen molar-refractivity contribution >= 4 is 23.2 Å². The van der Waals surface area contributed by atoms with Gasteiger partial charge in [0, 0.05) is 11.3 Å². The van der Waals surface area contributed by atoms with Crippen molar-refractivity contribution in [3.8, 4) is 0 Å². The maximum atomic E-state index is 12.9. The summed E-state index contributed by atoms with van der Waals surface area (Å²) < 4.78 is 40.5. The van der Waals surface area contributed by atoms with Crippen LogP contribution in [0.4, 0.5) is 18.9 Å². The maximum absolute atomic E-state index is 12.9. The molecule has 4 nitrogen and oxygen atoms in total. The molecule has 146 valence electrons. The second-order valence-corrected chi connectivity index (χ2v) is 6.84. The van der Waals surface area contributed by atoms with Crippen LogP contribution in [-0.2, 0) is 12.7 Å². The number of aryl methyl sites for hydroxylation is 2. The number of carbonyl (C=O) groups is 1. The summed E-state index contributed by atoms with van der Waals surface area (Å²) in [5.74, 6) is -0.545. The third-order valence-corrected chi connectivity index (χ3v) is 4.50. The van der Waals surface area contributed by atoms with Crippen LogP contribution in [-0.4, -0.2) is 15.7 Å². The number of halogens is 4. The number of rotatable bonds is 4. The first kappa shape index (κ1) is 19.9. The first-order valence-corrected chi connectivity index (χ1v) is 8.79. The summed E-state index contributed by atoms with van der Waals surface area (Å²) in [7, 11) is 0. The van der Waals surface area contributed by atoms with E-state index < -0.39 is 17.6 Å². The van der Waals surface area contributed by atoms with Gasteiger partial charge < -0.3 is 5.32 Å². The molecule has 0 saturated heterocycles.